The number of imidazole rings is 1. The molecule has 24 heavy (non-hydrogen) atoms. The van der Waals surface area contributed by atoms with Gasteiger partial charge in [-0.1, -0.05) is 12.1 Å². The summed E-state index contributed by atoms with van der Waals surface area (Å²) in [4.78, 5) is 14.8. The van der Waals surface area contributed by atoms with E-state index in [1.807, 2.05) is 43.9 Å². The van der Waals surface area contributed by atoms with E-state index in [0.717, 1.165) is 22.9 Å². The first-order valence-electron chi connectivity index (χ1n) is 7.48. The third kappa shape index (κ3) is 2.98. The van der Waals surface area contributed by atoms with E-state index in [2.05, 4.69) is 15.4 Å². The smallest absolute Gasteiger partial charge is 0.269 e. The van der Waals surface area contributed by atoms with Gasteiger partial charge < -0.3 is 9.88 Å². The standard InChI is InChI=1S/C16H18N6O2/c1-11(12-5-4-6-13(9-12)22(23)24)18-15-10-14(19-21(15)3)16-17-7-8-20(16)2/h4-11,18H,1-3H3/t11-/m0/s1. The van der Waals surface area contributed by atoms with E-state index in [4.69, 9.17) is 0 Å². The molecule has 0 unspecified atom stereocenters. The Labute approximate surface area is 138 Å². The van der Waals surface area contributed by atoms with Crippen molar-refractivity contribution < 1.29 is 4.92 Å². The minimum absolute atomic E-state index is 0.0832. The second kappa shape index (κ2) is 6.15. The lowest BCUT2D eigenvalue weighted by Gasteiger charge is -2.15. The van der Waals surface area contributed by atoms with E-state index in [9.17, 15) is 10.1 Å². The van der Waals surface area contributed by atoms with Crippen LogP contribution in [0.4, 0.5) is 11.5 Å². The number of nitrogens with zero attached hydrogens (tertiary/aromatic N) is 5. The zero-order chi connectivity index (χ0) is 17.3. The maximum Gasteiger partial charge on any atom is 0.269 e. The molecule has 0 radical (unpaired) electrons. The number of rotatable bonds is 5. The number of anilines is 1. The summed E-state index contributed by atoms with van der Waals surface area (Å²) in [5, 5.41) is 18.7. The Hall–Kier alpha value is -3.16. The van der Waals surface area contributed by atoms with Crippen LogP contribution >= 0.6 is 0 Å². The average Bonchev–Trinajstić information content (AvgIpc) is 3.13. The average molecular weight is 326 g/mol. The van der Waals surface area contributed by atoms with Crippen molar-refractivity contribution in [2.24, 2.45) is 14.1 Å². The monoisotopic (exact) mass is 326 g/mol. The number of non-ortho nitro benzene ring substituents is 1. The Morgan fingerprint density at radius 2 is 2.08 bits per heavy atom. The Morgan fingerprint density at radius 1 is 1.29 bits per heavy atom. The molecule has 1 N–H and O–H groups in total. The fourth-order valence-corrected chi connectivity index (χ4v) is 2.54. The van der Waals surface area contributed by atoms with Crippen LogP contribution in [0.1, 0.15) is 18.5 Å². The third-order valence-electron chi connectivity index (χ3n) is 3.88. The highest BCUT2D eigenvalue weighted by atomic mass is 16.6. The van der Waals surface area contributed by atoms with E-state index >= 15 is 0 Å². The van der Waals surface area contributed by atoms with Gasteiger partial charge in [0.05, 0.1) is 11.0 Å². The van der Waals surface area contributed by atoms with Gasteiger partial charge in [0.2, 0.25) is 0 Å². The molecule has 0 aliphatic rings. The summed E-state index contributed by atoms with van der Waals surface area (Å²) in [7, 11) is 3.75. The van der Waals surface area contributed by atoms with Gasteiger partial charge in [-0.25, -0.2) is 4.98 Å². The highest BCUT2D eigenvalue weighted by Crippen LogP contribution is 2.25. The Morgan fingerprint density at radius 3 is 2.75 bits per heavy atom. The van der Waals surface area contributed by atoms with E-state index in [1.54, 1.807) is 23.0 Å². The van der Waals surface area contributed by atoms with Crippen molar-refractivity contribution in [3.05, 3.63) is 58.4 Å². The van der Waals surface area contributed by atoms with E-state index in [1.165, 1.54) is 6.07 Å². The molecule has 3 aromatic rings. The molecule has 0 spiro atoms. The van der Waals surface area contributed by atoms with Gasteiger partial charge in [0, 0.05) is 44.7 Å². The summed E-state index contributed by atoms with van der Waals surface area (Å²) in [6.45, 7) is 1.95. The zero-order valence-electron chi connectivity index (χ0n) is 13.7. The normalized spacial score (nSPS) is 12.1. The predicted octanol–water partition coefficient (Wildman–Crippen LogP) is 2.90. The van der Waals surface area contributed by atoms with Crippen LogP contribution in [-0.4, -0.2) is 24.3 Å². The number of hydrogen-bond donors (Lipinski definition) is 1. The van der Waals surface area contributed by atoms with Gasteiger partial charge in [0.15, 0.2) is 5.82 Å². The molecule has 8 nitrogen and oxygen atoms in total. The summed E-state index contributed by atoms with van der Waals surface area (Å²) in [5.74, 6) is 1.59. The van der Waals surface area contributed by atoms with Gasteiger partial charge >= 0.3 is 0 Å². The molecule has 0 saturated heterocycles. The number of aromatic nitrogens is 4. The second-order valence-electron chi connectivity index (χ2n) is 5.62. The van der Waals surface area contributed by atoms with Gasteiger partial charge in [-0.2, -0.15) is 5.10 Å². The highest BCUT2D eigenvalue weighted by molar-refractivity contribution is 5.57. The first-order chi connectivity index (χ1) is 11.5. The van der Waals surface area contributed by atoms with Crippen molar-refractivity contribution in [3.8, 4) is 11.5 Å². The number of nitro benzene ring substituents is 1. The van der Waals surface area contributed by atoms with Crippen LogP contribution in [0.2, 0.25) is 0 Å². The Bertz CT molecular complexity index is 882. The van der Waals surface area contributed by atoms with Gasteiger partial charge in [-0.05, 0) is 12.5 Å². The summed E-state index contributed by atoms with van der Waals surface area (Å²) in [5.41, 5.74) is 1.68. The van der Waals surface area contributed by atoms with Crippen LogP contribution in [0, 0.1) is 10.1 Å². The fourth-order valence-electron chi connectivity index (χ4n) is 2.54. The maximum absolute atomic E-state index is 10.9. The molecule has 2 aromatic heterocycles. The molecule has 8 heteroatoms. The van der Waals surface area contributed by atoms with Crippen LogP contribution in [0.25, 0.3) is 11.5 Å². The molecule has 1 aromatic carbocycles. The zero-order valence-corrected chi connectivity index (χ0v) is 13.7. The molecule has 0 aliphatic carbocycles. The van der Waals surface area contributed by atoms with Gasteiger partial charge in [0.25, 0.3) is 5.69 Å². The van der Waals surface area contributed by atoms with Crippen molar-refractivity contribution in [2.75, 3.05) is 5.32 Å². The lowest BCUT2D eigenvalue weighted by atomic mass is 10.1. The third-order valence-corrected chi connectivity index (χ3v) is 3.88. The number of nitrogens with one attached hydrogen (secondary N) is 1. The molecule has 0 aliphatic heterocycles. The molecule has 3 rings (SSSR count). The SMILES string of the molecule is C[C@H](Nc1cc(-c2nccn2C)nn1C)c1cccc([N+](=O)[O-])c1. The van der Waals surface area contributed by atoms with E-state index < -0.39 is 0 Å². The van der Waals surface area contributed by atoms with Crippen molar-refractivity contribution >= 4 is 11.5 Å². The van der Waals surface area contributed by atoms with Crippen LogP contribution in [0.5, 0.6) is 0 Å². The molecular formula is C16H18N6O2. The summed E-state index contributed by atoms with van der Waals surface area (Å²) < 4.78 is 3.63. The predicted molar refractivity (Wildman–Crippen MR) is 90.5 cm³/mol. The van der Waals surface area contributed by atoms with Gasteiger partial charge in [-0.3, -0.25) is 14.8 Å². The van der Waals surface area contributed by atoms with Gasteiger partial charge in [0.1, 0.15) is 11.5 Å². The van der Waals surface area contributed by atoms with Crippen LogP contribution < -0.4 is 5.32 Å². The topological polar surface area (TPSA) is 90.8 Å². The Kier molecular flexibility index (Phi) is 4.03. The van der Waals surface area contributed by atoms with E-state index in [0.29, 0.717) is 0 Å². The lowest BCUT2D eigenvalue weighted by Crippen LogP contribution is -2.10. The molecule has 0 fully saturated rings. The summed E-state index contributed by atoms with van der Waals surface area (Å²) >= 11 is 0. The first kappa shape index (κ1) is 15.7. The van der Waals surface area contributed by atoms with Crippen LogP contribution in [0.15, 0.2) is 42.7 Å². The fraction of sp³-hybridized carbons (Fsp3) is 0.250. The van der Waals surface area contributed by atoms with Crippen molar-refractivity contribution in [1.82, 2.24) is 19.3 Å². The number of hydrogen-bond acceptors (Lipinski definition) is 5. The largest absolute Gasteiger partial charge is 0.364 e. The minimum atomic E-state index is -0.389. The quantitative estimate of drug-likeness (QED) is 0.575. The molecular weight excluding hydrogens is 308 g/mol. The van der Waals surface area contributed by atoms with E-state index in [-0.39, 0.29) is 16.7 Å². The first-order valence-corrected chi connectivity index (χ1v) is 7.48. The Balaban J connectivity index is 1.83. The maximum atomic E-state index is 10.9. The highest BCUT2D eigenvalue weighted by Gasteiger charge is 2.15. The number of aryl methyl sites for hydroxylation is 2. The van der Waals surface area contributed by atoms with Crippen molar-refractivity contribution in [1.29, 1.82) is 0 Å². The molecule has 2 heterocycles. The molecule has 0 saturated carbocycles. The molecule has 0 bridgehead atoms. The van der Waals surface area contributed by atoms with Crippen LogP contribution in [0.3, 0.4) is 0 Å². The van der Waals surface area contributed by atoms with Gasteiger partial charge in [-0.15, -0.1) is 0 Å². The number of benzene rings is 1. The van der Waals surface area contributed by atoms with Crippen LogP contribution in [-0.2, 0) is 14.1 Å². The minimum Gasteiger partial charge on any atom is -0.364 e. The lowest BCUT2D eigenvalue weighted by molar-refractivity contribution is -0.384. The molecule has 124 valence electrons. The van der Waals surface area contributed by atoms with Crippen molar-refractivity contribution in [3.63, 3.8) is 0 Å². The second-order valence-corrected chi connectivity index (χ2v) is 5.62. The summed E-state index contributed by atoms with van der Waals surface area (Å²) in [6.07, 6.45) is 3.59. The molecule has 1 atom stereocenters. The van der Waals surface area contributed by atoms with Crippen molar-refractivity contribution in [2.45, 2.75) is 13.0 Å². The summed E-state index contributed by atoms with van der Waals surface area (Å²) in [6, 6.07) is 8.42. The number of nitro groups is 1. The molecule has 0 amide bonds.